The molecular formula is C17H14BrClN2O2. The lowest BCUT2D eigenvalue weighted by Crippen LogP contribution is -2.07. The third kappa shape index (κ3) is 3.12. The minimum atomic E-state index is -0.278. The van der Waals surface area contributed by atoms with E-state index in [1.165, 1.54) is 7.11 Å². The minimum Gasteiger partial charge on any atom is -0.469 e. The Hall–Kier alpha value is -1.85. The maximum absolute atomic E-state index is 11.6. The third-order valence-corrected chi connectivity index (χ3v) is 4.74. The van der Waals surface area contributed by atoms with Crippen molar-refractivity contribution in [3.05, 3.63) is 57.3 Å². The fourth-order valence-corrected chi connectivity index (χ4v) is 3.41. The highest BCUT2D eigenvalue weighted by Gasteiger charge is 2.16. The average molecular weight is 394 g/mol. The predicted molar refractivity (Wildman–Crippen MR) is 93.8 cm³/mol. The number of imidazole rings is 1. The van der Waals surface area contributed by atoms with Crippen LogP contribution in [0.15, 0.2) is 41.1 Å². The number of rotatable bonds is 3. The van der Waals surface area contributed by atoms with E-state index in [4.69, 9.17) is 16.3 Å². The van der Waals surface area contributed by atoms with Gasteiger partial charge in [-0.2, -0.15) is 0 Å². The van der Waals surface area contributed by atoms with Crippen LogP contribution in [0.3, 0.4) is 0 Å². The third-order valence-electron chi connectivity index (χ3n) is 3.67. The molecule has 2 aromatic heterocycles. The van der Waals surface area contributed by atoms with Crippen LogP contribution in [-0.4, -0.2) is 22.5 Å². The Bertz CT molecular complexity index is 905. The van der Waals surface area contributed by atoms with Crippen molar-refractivity contribution >= 4 is 39.1 Å². The summed E-state index contributed by atoms with van der Waals surface area (Å²) >= 11 is 9.63. The quantitative estimate of drug-likeness (QED) is 0.618. The molecule has 23 heavy (non-hydrogen) atoms. The molecule has 0 saturated carbocycles. The van der Waals surface area contributed by atoms with Crippen LogP contribution in [-0.2, 0) is 16.0 Å². The number of aryl methyl sites for hydroxylation is 1. The van der Waals surface area contributed by atoms with Gasteiger partial charge < -0.3 is 9.14 Å². The number of carbonyl (C=O) groups is 1. The van der Waals surface area contributed by atoms with Gasteiger partial charge in [-0.25, -0.2) is 4.98 Å². The molecule has 6 heteroatoms. The Morgan fingerprint density at radius 1 is 1.39 bits per heavy atom. The Morgan fingerprint density at radius 3 is 2.87 bits per heavy atom. The van der Waals surface area contributed by atoms with Crippen molar-refractivity contribution in [3.8, 4) is 11.3 Å². The van der Waals surface area contributed by atoms with Gasteiger partial charge in [-0.15, -0.1) is 0 Å². The van der Waals surface area contributed by atoms with E-state index in [1.807, 2.05) is 48.0 Å². The van der Waals surface area contributed by atoms with E-state index < -0.39 is 0 Å². The lowest BCUT2D eigenvalue weighted by molar-refractivity contribution is -0.139. The number of nitrogens with zero attached hydrogens (tertiary/aromatic N) is 2. The van der Waals surface area contributed by atoms with Crippen LogP contribution in [0.2, 0.25) is 5.02 Å². The number of ether oxygens (including phenoxy) is 1. The number of benzene rings is 1. The smallest absolute Gasteiger partial charge is 0.310 e. The predicted octanol–water partition coefficient (Wildman–Crippen LogP) is 4.44. The summed E-state index contributed by atoms with van der Waals surface area (Å²) in [7, 11) is 1.39. The molecule has 0 saturated heterocycles. The fraction of sp³-hybridized carbons (Fsp3) is 0.176. The second kappa shape index (κ2) is 6.34. The molecule has 0 amide bonds. The van der Waals surface area contributed by atoms with Gasteiger partial charge in [0.1, 0.15) is 0 Å². The van der Waals surface area contributed by atoms with Crippen molar-refractivity contribution < 1.29 is 9.53 Å². The monoisotopic (exact) mass is 392 g/mol. The maximum atomic E-state index is 11.6. The maximum Gasteiger partial charge on any atom is 0.310 e. The Labute approximate surface area is 147 Å². The molecule has 0 fully saturated rings. The number of hydrogen-bond acceptors (Lipinski definition) is 3. The Kier molecular flexibility index (Phi) is 4.41. The summed E-state index contributed by atoms with van der Waals surface area (Å²) in [5.41, 5.74) is 4.39. The first-order valence-electron chi connectivity index (χ1n) is 6.99. The van der Waals surface area contributed by atoms with Crippen LogP contribution >= 0.6 is 27.5 Å². The van der Waals surface area contributed by atoms with Gasteiger partial charge in [0.2, 0.25) is 0 Å². The van der Waals surface area contributed by atoms with E-state index in [2.05, 4.69) is 20.9 Å². The van der Waals surface area contributed by atoms with E-state index in [0.29, 0.717) is 5.02 Å². The highest BCUT2D eigenvalue weighted by Crippen LogP contribution is 2.29. The zero-order valence-corrected chi connectivity index (χ0v) is 15.0. The normalized spacial score (nSPS) is 11.0. The molecule has 0 aliphatic heterocycles. The summed E-state index contributed by atoms with van der Waals surface area (Å²) in [6.07, 6.45) is 4.11. The standard InChI is InChI=1S/C17H14BrClN2O2/c1-10-8-21-9-14(11-4-3-5-12(19)6-11)20-17(21)16(18)13(10)7-15(22)23-2/h3-6,8-9H,7H2,1-2H3. The van der Waals surface area contributed by atoms with Crippen LogP contribution in [0.1, 0.15) is 11.1 Å². The van der Waals surface area contributed by atoms with Gasteiger partial charge in [-0.3, -0.25) is 4.79 Å². The van der Waals surface area contributed by atoms with Gasteiger partial charge in [-0.05, 0) is 46.1 Å². The van der Waals surface area contributed by atoms with Crippen molar-refractivity contribution in [2.75, 3.05) is 7.11 Å². The van der Waals surface area contributed by atoms with Gasteiger partial charge >= 0.3 is 5.97 Å². The average Bonchev–Trinajstić information content (AvgIpc) is 2.95. The lowest BCUT2D eigenvalue weighted by Gasteiger charge is -2.09. The summed E-state index contributed by atoms with van der Waals surface area (Å²) in [4.78, 5) is 16.3. The summed E-state index contributed by atoms with van der Waals surface area (Å²) in [6, 6.07) is 7.56. The van der Waals surface area contributed by atoms with Crippen molar-refractivity contribution in [2.45, 2.75) is 13.3 Å². The number of hydrogen-bond donors (Lipinski definition) is 0. The second-order valence-corrected chi connectivity index (χ2v) is 6.45. The first kappa shape index (κ1) is 16.0. The topological polar surface area (TPSA) is 43.6 Å². The molecule has 0 bridgehead atoms. The molecule has 4 nitrogen and oxygen atoms in total. The summed E-state index contributed by atoms with van der Waals surface area (Å²) in [5, 5.41) is 0.668. The summed E-state index contributed by atoms with van der Waals surface area (Å²) < 4.78 is 7.51. The van der Waals surface area contributed by atoms with Gasteiger partial charge in [0.15, 0.2) is 5.65 Å². The molecule has 1 aromatic carbocycles. The van der Waals surface area contributed by atoms with E-state index in [9.17, 15) is 4.79 Å². The summed E-state index contributed by atoms with van der Waals surface area (Å²) in [5.74, 6) is -0.278. The Balaban J connectivity index is 2.13. The van der Waals surface area contributed by atoms with E-state index in [1.54, 1.807) is 0 Å². The van der Waals surface area contributed by atoms with Crippen molar-refractivity contribution in [1.82, 2.24) is 9.38 Å². The summed E-state index contributed by atoms with van der Waals surface area (Å²) in [6.45, 7) is 1.96. The van der Waals surface area contributed by atoms with E-state index in [-0.39, 0.29) is 12.4 Å². The number of esters is 1. The van der Waals surface area contributed by atoms with Crippen LogP contribution in [0, 0.1) is 6.92 Å². The highest BCUT2D eigenvalue weighted by atomic mass is 79.9. The first-order chi connectivity index (χ1) is 11.0. The molecular weight excluding hydrogens is 380 g/mol. The van der Waals surface area contributed by atoms with E-state index in [0.717, 1.165) is 32.5 Å². The molecule has 0 atom stereocenters. The van der Waals surface area contributed by atoms with Gasteiger partial charge in [0.25, 0.3) is 0 Å². The molecule has 0 N–H and O–H groups in total. The molecule has 0 unspecified atom stereocenters. The van der Waals surface area contributed by atoms with Crippen molar-refractivity contribution in [1.29, 1.82) is 0 Å². The van der Waals surface area contributed by atoms with Crippen molar-refractivity contribution in [3.63, 3.8) is 0 Å². The number of pyridine rings is 1. The van der Waals surface area contributed by atoms with Crippen LogP contribution < -0.4 is 0 Å². The number of methoxy groups -OCH3 is 1. The van der Waals surface area contributed by atoms with Gasteiger partial charge in [0, 0.05) is 23.0 Å². The molecule has 3 rings (SSSR count). The van der Waals surface area contributed by atoms with Crippen LogP contribution in [0.5, 0.6) is 0 Å². The number of aromatic nitrogens is 2. The zero-order valence-electron chi connectivity index (χ0n) is 12.6. The van der Waals surface area contributed by atoms with Crippen molar-refractivity contribution in [2.24, 2.45) is 0 Å². The molecule has 0 aliphatic carbocycles. The number of fused-ring (bicyclic) bond motifs is 1. The SMILES string of the molecule is COC(=O)Cc1c(C)cn2cc(-c3cccc(Cl)c3)nc2c1Br. The molecule has 0 spiro atoms. The van der Waals surface area contributed by atoms with Gasteiger partial charge in [0.05, 0.1) is 23.7 Å². The molecule has 2 heterocycles. The number of halogens is 2. The Morgan fingerprint density at radius 2 is 2.17 bits per heavy atom. The minimum absolute atomic E-state index is 0.207. The fourth-order valence-electron chi connectivity index (χ4n) is 2.47. The number of carbonyl (C=O) groups excluding carboxylic acids is 1. The van der Waals surface area contributed by atoms with Gasteiger partial charge in [-0.1, -0.05) is 23.7 Å². The highest BCUT2D eigenvalue weighted by molar-refractivity contribution is 9.10. The molecule has 118 valence electrons. The van der Waals surface area contributed by atoms with Crippen LogP contribution in [0.4, 0.5) is 0 Å². The molecule has 3 aromatic rings. The van der Waals surface area contributed by atoms with E-state index >= 15 is 0 Å². The molecule has 0 radical (unpaired) electrons. The zero-order chi connectivity index (χ0) is 16.6. The second-order valence-electron chi connectivity index (χ2n) is 5.22. The largest absolute Gasteiger partial charge is 0.469 e. The lowest BCUT2D eigenvalue weighted by atomic mass is 10.1. The molecule has 0 aliphatic rings. The van der Waals surface area contributed by atoms with Crippen LogP contribution in [0.25, 0.3) is 16.9 Å². The first-order valence-corrected chi connectivity index (χ1v) is 8.16.